The Kier molecular flexibility index (Phi) is 24.9. The van der Waals surface area contributed by atoms with Crippen LogP contribution in [0.25, 0.3) is 0 Å². The summed E-state index contributed by atoms with van der Waals surface area (Å²) in [5.41, 5.74) is 0. The van der Waals surface area contributed by atoms with Crippen LogP contribution >= 0.6 is 0 Å². The van der Waals surface area contributed by atoms with Crippen LogP contribution in [0, 0.1) is 0 Å². The third-order valence-electron chi connectivity index (χ3n) is 3.44. The summed E-state index contributed by atoms with van der Waals surface area (Å²) in [5.74, 6) is -1.40. The molecule has 0 aromatic carbocycles. The van der Waals surface area contributed by atoms with Crippen molar-refractivity contribution in [2.75, 3.05) is 39.3 Å². The average molecular weight is 405 g/mol. The first-order chi connectivity index (χ1) is 11.4. The molecule has 0 radical (unpaired) electrons. The van der Waals surface area contributed by atoms with Gasteiger partial charge in [0.1, 0.15) is 0 Å². The minimum Gasteiger partial charge on any atom is -0.481 e. The van der Waals surface area contributed by atoms with E-state index in [2.05, 4.69) is 37.5 Å². The number of carbonyl (C=O) groups is 2. The summed E-state index contributed by atoms with van der Waals surface area (Å²) >= 11 is 0. The van der Waals surface area contributed by atoms with Crippen LogP contribution in [0.3, 0.4) is 0 Å². The van der Waals surface area contributed by atoms with Gasteiger partial charge in [-0.2, -0.15) is 0 Å². The van der Waals surface area contributed by atoms with Crippen molar-refractivity contribution in [1.82, 2.24) is 9.80 Å². The zero-order chi connectivity index (χ0) is 18.8. The van der Waals surface area contributed by atoms with Crippen LogP contribution in [0.2, 0.25) is 0 Å². The number of nitrogens with zero attached hydrogens (tertiary/aromatic N) is 2. The largest absolute Gasteiger partial charge is 0.481 e. The molecule has 0 aliphatic heterocycles. The maximum atomic E-state index is 10.3. The van der Waals surface area contributed by atoms with Crippen LogP contribution in [-0.2, 0) is 26.1 Å². The molecule has 0 spiro atoms. The van der Waals surface area contributed by atoms with Crippen LogP contribution in [-0.4, -0.2) is 71.2 Å². The number of rotatable bonds is 14. The average Bonchev–Trinajstić information content (AvgIpc) is 2.52. The maximum absolute atomic E-state index is 10.3. The molecule has 0 unspecified atom stereocenters. The van der Waals surface area contributed by atoms with Crippen molar-refractivity contribution >= 4 is 11.9 Å². The topological polar surface area (TPSA) is 81.1 Å². The summed E-state index contributed by atoms with van der Waals surface area (Å²) in [6.45, 7) is 13.9. The Balaban J connectivity index is -0.000000372. The van der Waals surface area contributed by atoms with Gasteiger partial charge >= 0.3 is 11.9 Å². The van der Waals surface area contributed by atoms with E-state index in [4.69, 9.17) is 10.2 Å². The molecule has 0 aliphatic carbocycles. The first kappa shape index (κ1) is 29.1. The van der Waals surface area contributed by atoms with Crippen molar-refractivity contribution in [3.05, 3.63) is 0 Å². The zero-order valence-corrected chi connectivity index (χ0v) is 17.4. The molecule has 0 fully saturated rings. The minimum absolute atomic E-state index is 0. The monoisotopic (exact) mass is 404 g/mol. The molecule has 0 heterocycles. The van der Waals surface area contributed by atoms with E-state index in [1.54, 1.807) is 0 Å². The molecule has 6 nitrogen and oxygen atoms in total. The second-order valence-corrected chi connectivity index (χ2v) is 5.97. The Labute approximate surface area is 163 Å². The molecule has 0 aromatic rings. The fourth-order valence-corrected chi connectivity index (χ4v) is 2.44. The van der Waals surface area contributed by atoms with Gasteiger partial charge in [0, 0.05) is 29.6 Å². The number of aliphatic carboxylic acids is 2. The fourth-order valence-electron chi connectivity index (χ4n) is 2.44. The van der Waals surface area contributed by atoms with Gasteiger partial charge in [0.05, 0.1) is 12.8 Å². The van der Waals surface area contributed by atoms with Crippen LogP contribution in [0.5, 0.6) is 0 Å². The van der Waals surface area contributed by atoms with Crippen molar-refractivity contribution in [3.8, 4) is 0 Å². The van der Waals surface area contributed by atoms with Gasteiger partial charge in [-0.3, -0.25) is 9.59 Å². The molecule has 0 saturated carbocycles. The molecule has 0 aliphatic rings. The predicted octanol–water partition coefficient (Wildman–Crippen LogP) is 3.16. The molecule has 0 aromatic heterocycles. The maximum Gasteiger partial charge on any atom is 0.304 e. The Morgan fingerprint density at radius 3 is 1.00 bits per heavy atom. The molecule has 0 bridgehead atoms. The Hall–Kier alpha value is -0.646. The number of carboxylic acids is 2. The van der Waals surface area contributed by atoms with Crippen LogP contribution in [0.15, 0.2) is 0 Å². The van der Waals surface area contributed by atoms with Crippen molar-refractivity contribution in [2.24, 2.45) is 0 Å². The molecule has 0 atom stereocenters. The molecule has 2 N–H and O–H groups in total. The summed E-state index contributed by atoms with van der Waals surface area (Å²) in [6.07, 6.45) is 4.92. The van der Waals surface area contributed by atoms with Crippen molar-refractivity contribution in [2.45, 2.75) is 66.2 Å². The first-order valence-corrected chi connectivity index (χ1v) is 9.29. The quantitative estimate of drug-likeness (QED) is 0.432. The molecule has 25 heavy (non-hydrogen) atoms. The first-order valence-electron chi connectivity index (χ1n) is 9.29. The van der Waals surface area contributed by atoms with E-state index in [1.165, 1.54) is 0 Å². The third kappa shape index (κ3) is 23.4. The Morgan fingerprint density at radius 1 is 0.600 bits per heavy atom. The summed E-state index contributed by atoms with van der Waals surface area (Å²) in [7, 11) is 0. The van der Waals surface area contributed by atoms with Crippen molar-refractivity contribution in [1.29, 1.82) is 0 Å². The summed E-state index contributed by atoms with van der Waals surface area (Å²) in [6, 6.07) is 0. The molecule has 0 saturated heterocycles. The third-order valence-corrected chi connectivity index (χ3v) is 3.44. The smallest absolute Gasteiger partial charge is 0.304 e. The van der Waals surface area contributed by atoms with Crippen molar-refractivity contribution in [3.63, 3.8) is 0 Å². The summed E-state index contributed by atoms with van der Waals surface area (Å²) in [5, 5.41) is 16.9. The molecule has 0 amide bonds. The van der Waals surface area contributed by atoms with Gasteiger partial charge in [-0.15, -0.1) is 0 Å². The second-order valence-electron chi connectivity index (χ2n) is 5.97. The van der Waals surface area contributed by atoms with Crippen LogP contribution < -0.4 is 0 Å². The molecular formula is C18H38N2NiO4. The van der Waals surface area contributed by atoms with E-state index < -0.39 is 11.9 Å². The van der Waals surface area contributed by atoms with Crippen LogP contribution in [0.4, 0.5) is 0 Å². The van der Waals surface area contributed by atoms with Gasteiger partial charge in [-0.1, -0.05) is 27.7 Å². The number of hydrogen-bond donors (Lipinski definition) is 2. The standard InChI is InChI=1S/2C9H19NO2.Ni/c2*1-3-6-10(7-4-2)8-5-9(11)12;/h2*3-8H2,1-2H3,(H,11,12);. The van der Waals surface area contributed by atoms with Crippen molar-refractivity contribution < 1.29 is 36.3 Å². The Bertz CT molecular complexity index is 275. The molecular weight excluding hydrogens is 367 g/mol. The van der Waals surface area contributed by atoms with Gasteiger partial charge in [-0.05, 0) is 51.9 Å². The summed E-state index contributed by atoms with van der Waals surface area (Å²) < 4.78 is 0. The predicted molar refractivity (Wildman–Crippen MR) is 98.5 cm³/mol. The summed E-state index contributed by atoms with van der Waals surface area (Å²) in [4.78, 5) is 25.0. The van der Waals surface area contributed by atoms with E-state index in [0.717, 1.165) is 51.9 Å². The van der Waals surface area contributed by atoms with E-state index in [1.807, 2.05) is 0 Å². The van der Waals surface area contributed by atoms with Gasteiger partial charge < -0.3 is 20.0 Å². The van der Waals surface area contributed by atoms with Gasteiger partial charge in [0.25, 0.3) is 0 Å². The molecule has 154 valence electrons. The van der Waals surface area contributed by atoms with E-state index in [-0.39, 0.29) is 29.3 Å². The van der Waals surface area contributed by atoms with Gasteiger partial charge in [0.15, 0.2) is 0 Å². The van der Waals surface area contributed by atoms with Gasteiger partial charge in [-0.25, -0.2) is 0 Å². The minimum atomic E-state index is -0.702. The molecule has 0 rings (SSSR count). The zero-order valence-electron chi connectivity index (χ0n) is 16.4. The van der Waals surface area contributed by atoms with Crippen LogP contribution in [0.1, 0.15) is 66.2 Å². The number of hydrogen-bond acceptors (Lipinski definition) is 4. The van der Waals surface area contributed by atoms with E-state index in [0.29, 0.717) is 13.1 Å². The normalized spacial score (nSPS) is 10.2. The van der Waals surface area contributed by atoms with E-state index in [9.17, 15) is 9.59 Å². The second kappa shape index (κ2) is 21.4. The molecule has 7 heteroatoms. The Morgan fingerprint density at radius 2 is 0.840 bits per heavy atom. The SMILES string of the molecule is CCCN(CCC)CCC(=O)O.CCCN(CCC)CCC(=O)O.[Ni]. The fraction of sp³-hybridized carbons (Fsp3) is 0.889. The number of carboxylic acid groups (broad SMARTS) is 2. The van der Waals surface area contributed by atoms with E-state index >= 15 is 0 Å². The van der Waals surface area contributed by atoms with Gasteiger partial charge in [0.2, 0.25) is 0 Å².